The Kier molecular flexibility index (Phi) is 3.05. The molecule has 1 aromatic carbocycles. The average molecular weight is 168 g/mol. The van der Waals surface area contributed by atoms with Crippen LogP contribution in [0.15, 0.2) is 24.3 Å². The largest absolute Gasteiger partial charge is 0.362 e. The molecule has 0 heterocycles. The lowest BCUT2D eigenvalue weighted by atomic mass is 10.3. The SMILES string of the molecule is CNCN(C)c1cccc(F)c1. The van der Waals surface area contributed by atoms with Gasteiger partial charge >= 0.3 is 0 Å². The molecule has 0 amide bonds. The van der Waals surface area contributed by atoms with Crippen LogP contribution in [0, 0.1) is 5.82 Å². The quantitative estimate of drug-likeness (QED) is 0.687. The predicted octanol–water partition coefficient (Wildman–Crippen LogP) is 1.44. The monoisotopic (exact) mass is 168 g/mol. The highest BCUT2D eigenvalue weighted by Crippen LogP contribution is 2.12. The van der Waals surface area contributed by atoms with Crippen molar-refractivity contribution in [3.63, 3.8) is 0 Å². The Hall–Kier alpha value is -1.09. The van der Waals surface area contributed by atoms with Crippen LogP contribution in [0.1, 0.15) is 0 Å². The summed E-state index contributed by atoms with van der Waals surface area (Å²) in [6.45, 7) is 0.712. The van der Waals surface area contributed by atoms with Crippen molar-refractivity contribution in [1.82, 2.24) is 5.32 Å². The lowest BCUT2D eigenvalue weighted by molar-refractivity contribution is 0.626. The standard InChI is InChI=1S/C9H13FN2/c1-11-7-12(2)9-5-3-4-8(10)6-9/h3-6,11H,7H2,1-2H3. The molecule has 1 rings (SSSR count). The second-order valence-electron chi connectivity index (χ2n) is 2.69. The molecule has 0 unspecified atom stereocenters. The lowest BCUT2D eigenvalue weighted by Gasteiger charge is -2.18. The van der Waals surface area contributed by atoms with E-state index in [1.165, 1.54) is 12.1 Å². The van der Waals surface area contributed by atoms with Gasteiger partial charge in [-0.05, 0) is 25.2 Å². The third kappa shape index (κ3) is 2.20. The van der Waals surface area contributed by atoms with Gasteiger partial charge in [-0.1, -0.05) is 6.07 Å². The Labute approximate surface area is 72.0 Å². The Morgan fingerprint density at radius 2 is 2.25 bits per heavy atom. The van der Waals surface area contributed by atoms with Crippen molar-refractivity contribution in [2.24, 2.45) is 0 Å². The minimum absolute atomic E-state index is 0.199. The molecule has 0 radical (unpaired) electrons. The van der Waals surface area contributed by atoms with Gasteiger partial charge in [-0.2, -0.15) is 0 Å². The van der Waals surface area contributed by atoms with Crippen LogP contribution < -0.4 is 10.2 Å². The van der Waals surface area contributed by atoms with Crippen molar-refractivity contribution < 1.29 is 4.39 Å². The maximum Gasteiger partial charge on any atom is 0.125 e. The van der Waals surface area contributed by atoms with E-state index in [9.17, 15) is 4.39 Å². The number of hydrogen-bond donors (Lipinski definition) is 1. The maximum atomic E-state index is 12.7. The smallest absolute Gasteiger partial charge is 0.125 e. The van der Waals surface area contributed by atoms with Crippen molar-refractivity contribution in [3.8, 4) is 0 Å². The Morgan fingerprint density at radius 1 is 1.50 bits per heavy atom. The van der Waals surface area contributed by atoms with Crippen LogP contribution in [0.2, 0.25) is 0 Å². The third-order valence-electron chi connectivity index (χ3n) is 1.64. The summed E-state index contributed by atoms with van der Waals surface area (Å²) in [5, 5.41) is 2.99. The van der Waals surface area contributed by atoms with Crippen LogP contribution in [0.4, 0.5) is 10.1 Å². The van der Waals surface area contributed by atoms with Crippen LogP contribution in [-0.4, -0.2) is 20.8 Å². The first-order chi connectivity index (χ1) is 5.74. The van der Waals surface area contributed by atoms with Crippen LogP contribution in [0.5, 0.6) is 0 Å². The van der Waals surface area contributed by atoms with Gasteiger partial charge in [0.2, 0.25) is 0 Å². The van der Waals surface area contributed by atoms with Crippen molar-refractivity contribution >= 4 is 5.69 Å². The minimum Gasteiger partial charge on any atom is -0.362 e. The number of benzene rings is 1. The van der Waals surface area contributed by atoms with Gasteiger partial charge in [-0.25, -0.2) is 4.39 Å². The van der Waals surface area contributed by atoms with Crippen molar-refractivity contribution in [2.75, 3.05) is 25.7 Å². The molecule has 0 saturated carbocycles. The maximum absolute atomic E-state index is 12.7. The summed E-state index contributed by atoms with van der Waals surface area (Å²) in [5.74, 6) is -0.199. The zero-order chi connectivity index (χ0) is 8.97. The first kappa shape index (κ1) is 9.00. The van der Waals surface area contributed by atoms with Gasteiger partial charge in [0.15, 0.2) is 0 Å². The van der Waals surface area contributed by atoms with Crippen molar-refractivity contribution in [1.29, 1.82) is 0 Å². The molecule has 1 N–H and O–H groups in total. The highest BCUT2D eigenvalue weighted by molar-refractivity contribution is 5.45. The normalized spacial score (nSPS) is 9.92. The summed E-state index contributed by atoms with van der Waals surface area (Å²) in [6, 6.07) is 6.53. The van der Waals surface area contributed by atoms with Crippen molar-refractivity contribution in [2.45, 2.75) is 0 Å². The van der Waals surface area contributed by atoms with Gasteiger partial charge in [0, 0.05) is 12.7 Å². The number of nitrogens with one attached hydrogen (secondary N) is 1. The number of halogens is 1. The summed E-state index contributed by atoms with van der Waals surface area (Å²) in [4.78, 5) is 1.93. The number of hydrogen-bond acceptors (Lipinski definition) is 2. The molecule has 0 aromatic heterocycles. The zero-order valence-electron chi connectivity index (χ0n) is 7.34. The molecule has 66 valence electrons. The van der Waals surface area contributed by atoms with E-state index in [2.05, 4.69) is 5.32 Å². The van der Waals surface area contributed by atoms with Crippen LogP contribution in [-0.2, 0) is 0 Å². The molecule has 0 aliphatic carbocycles. The molecule has 2 nitrogen and oxygen atoms in total. The topological polar surface area (TPSA) is 15.3 Å². The summed E-state index contributed by atoms with van der Waals surface area (Å²) < 4.78 is 12.7. The third-order valence-corrected chi connectivity index (χ3v) is 1.64. The van der Waals surface area contributed by atoms with Gasteiger partial charge in [0.1, 0.15) is 5.82 Å². The zero-order valence-corrected chi connectivity index (χ0v) is 7.34. The summed E-state index contributed by atoms with van der Waals surface area (Å²) in [6.07, 6.45) is 0. The average Bonchev–Trinajstić information content (AvgIpc) is 2.05. The minimum atomic E-state index is -0.199. The predicted molar refractivity (Wildman–Crippen MR) is 48.7 cm³/mol. The molecule has 1 aromatic rings. The van der Waals surface area contributed by atoms with Gasteiger partial charge in [0.25, 0.3) is 0 Å². The van der Waals surface area contributed by atoms with Crippen LogP contribution >= 0.6 is 0 Å². The van der Waals surface area contributed by atoms with E-state index in [4.69, 9.17) is 0 Å². The Balaban J connectivity index is 2.73. The lowest BCUT2D eigenvalue weighted by Crippen LogP contribution is -2.28. The molecule has 0 spiro atoms. The van der Waals surface area contributed by atoms with E-state index >= 15 is 0 Å². The fourth-order valence-corrected chi connectivity index (χ4v) is 1.04. The van der Waals surface area contributed by atoms with Crippen LogP contribution in [0.3, 0.4) is 0 Å². The first-order valence-electron chi connectivity index (χ1n) is 3.85. The van der Waals surface area contributed by atoms with Gasteiger partial charge in [-0.3, -0.25) is 0 Å². The Morgan fingerprint density at radius 3 is 2.83 bits per heavy atom. The molecular weight excluding hydrogens is 155 g/mol. The van der Waals surface area contributed by atoms with Crippen LogP contribution in [0.25, 0.3) is 0 Å². The summed E-state index contributed by atoms with van der Waals surface area (Å²) in [7, 11) is 3.76. The molecule has 12 heavy (non-hydrogen) atoms. The van der Waals surface area contributed by atoms with Gasteiger partial charge in [0.05, 0.1) is 6.67 Å². The summed E-state index contributed by atoms with van der Waals surface area (Å²) >= 11 is 0. The van der Waals surface area contributed by atoms with Gasteiger partial charge < -0.3 is 10.2 Å². The second-order valence-corrected chi connectivity index (χ2v) is 2.69. The van der Waals surface area contributed by atoms with E-state index in [1.54, 1.807) is 6.07 Å². The molecular formula is C9H13FN2. The van der Waals surface area contributed by atoms with Crippen molar-refractivity contribution in [3.05, 3.63) is 30.1 Å². The first-order valence-corrected chi connectivity index (χ1v) is 3.85. The fraction of sp³-hybridized carbons (Fsp3) is 0.333. The van der Waals surface area contributed by atoms with E-state index in [0.29, 0.717) is 6.67 Å². The van der Waals surface area contributed by atoms with Gasteiger partial charge in [-0.15, -0.1) is 0 Å². The fourth-order valence-electron chi connectivity index (χ4n) is 1.04. The van der Waals surface area contributed by atoms with E-state index < -0.39 is 0 Å². The van der Waals surface area contributed by atoms with E-state index in [1.807, 2.05) is 25.1 Å². The van der Waals surface area contributed by atoms with E-state index in [0.717, 1.165) is 5.69 Å². The molecule has 0 aliphatic heterocycles. The highest BCUT2D eigenvalue weighted by Gasteiger charge is 1.98. The highest BCUT2D eigenvalue weighted by atomic mass is 19.1. The molecule has 0 fully saturated rings. The molecule has 0 atom stereocenters. The Bertz CT molecular complexity index is 250. The molecule has 0 aliphatic rings. The molecule has 3 heteroatoms. The molecule has 0 bridgehead atoms. The van der Waals surface area contributed by atoms with E-state index in [-0.39, 0.29) is 5.82 Å². The number of nitrogens with zero attached hydrogens (tertiary/aromatic N) is 1. The number of anilines is 1. The summed E-state index contributed by atoms with van der Waals surface area (Å²) in [5.41, 5.74) is 0.879. The second kappa shape index (κ2) is 4.07. The molecule has 0 saturated heterocycles. The number of rotatable bonds is 3.